The average Bonchev–Trinajstić information content (AvgIpc) is 2.47. The van der Waals surface area contributed by atoms with Crippen LogP contribution in [0.1, 0.15) is 77.6 Å². The molecule has 0 aromatic rings. The van der Waals surface area contributed by atoms with E-state index in [9.17, 15) is 0 Å². The molecule has 0 amide bonds. The molecule has 3 rings (SSSR count). The molecule has 0 bridgehead atoms. The van der Waals surface area contributed by atoms with Crippen LogP contribution in [0.2, 0.25) is 0 Å². The summed E-state index contributed by atoms with van der Waals surface area (Å²) >= 11 is 0. The normalized spacial score (nSPS) is 45.5. The highest BCUT2D eigenvalue weighted by molar-refractivity contribution is 4.90. The van der Waals surface area contributed by atoms with E-state index in [4.69, 9.17) is 5.73 Å². The maximum absolute atomic E-state index is 6.69. The third kappa shape index (κ3) is 3.17. The van der Waals surface area contributed by atoms with Crippen LogP contribution < -0.4 is 5.73 Å². The third-order valence-electron chi connectivity index (χ3n) is 6.73. The number of hydrogen-bond acceptors (Lipinski definition) is 1. The number of nitrogens with two attached hydrogens (primary N) is 1. The largest absolute Gasteiger partial charge is 0.327 e. The van der Waals surface area contributed by atoms with Crippen molar-refractivity contribution in [2.45, 2.75) is 83.6 Å². The zero-order chi connectivity index (χ0) is 13.2. The van der Waals surface area contributed by atoms with Crippen LogP contribution in [-0.2, 0) is 0 Å². The Morgan fingerprint density at radius 1 is 0.737 bits per heavy atom. The minimum absolute atomic E-state index is 0.523. The van der Waals surface area contributed by atoms with Crippen molar-refractivity contribution < 1.29 is 0 Å². The monoisotopic (exact) mass is 263 g/mol. The van der Waals surface area contributed by atoms with Crippen molar-refractivity contribution in [1.82, 2.24) is 0 Å². The van der Waals surface area contributed by atoms with Crippen LogP contribution in [0, 0.1) is 29.6 Å². The highest BCUT2D eigenvalue weighted by atomic mass is 14.7. The lowest BCUT2D eigenvalue weighted by Crippen LogP contribution is -2.43. The standard InChI is InChI=1S/C18H33N/c1-13-6-8-15(9-7-13)18(19)17-11-10-14-4-2-3-5-16(14)12-17/h13-18H,2-12,19H2,1H3. The lowest BCUT2D eigenvalue weighted by molar-refractivity contribution is 0.0939. The summed E-state index contributed by atoms with van der Waals surface area (Å²) in [5, 5.41) is 0. The predicted molar refractivity (Wildman–Crippen MR) is 81.9 cm³/mol. The Labute approximate surface area is 119 Å². The molecule has 4 atom stereocenters. The van der Waals surface area contributed by atoms with Crippen molar-refractivity contribution in [2.24, 2.45) is 35.3 Å². The fourth-order valence-corrected chi connectivity index (χ4v) is 5.31. The minimum Gasteiger partial charge on any atom is -0.327 e. The molecule has 0 aromatic carbocycles. The van der Waals surface area contributed by atoms with Crippen LogP contribution in [0.3, 0.4) is 0 Å². The SMILES string of the molecule is CC1CCC(C(N)C2CCC3CCCCC3C2)CC1. The van der Waals surface area contributed by atoms with Crippen LogP contribution in [0.25, 0.3) is 0 Å². The summed E-state index contributed by atoms with van der Waals surface area (Å²) in [5.41, 5.74) is 6.69. The van der Waals surface area contributed by atoms with E-state index in [0.717, 1.165) is 29.6 Å². The van der Waals surface area contributed by atoms with E-state index in [2.05, 4.69) is 6.92 Å². The summed E-state index contributed by atoms with van der Waals surface area (Å²) in [5.74, 6) is 4.78. The summed E-state index contributed by atoms with van der Waals surface area (Å²) in [6.45, 7) is 2.41. The van der Waals surface area contributed by atoms with Crippen LogP contribution in [-0.4, -0.2) is 6.04 Å². The van der Waals surface area contributed by atoms with E-state index in [1.165, 1.54) is 70.6 Å². The van der Waals surface area contributed by atoms with Crippen molar-refractivity contribution in [3.8, 4) is 0 Å². The Morgan fingerprint density at radius 2 is 1.37 bits per heavy atom. The van der Waals surface area contributed by atoms with E-state index < -0.39 is 0 Å². The minimum atomic E-state index is 0.523. The quantitative estimate of drug-likeness (QED) is 0.764. The fourth-order valence-electron chi connectivity index (χ4n) is 5.31. The highest BCUT2D eigenvalue weighted by Crippen LogP contribution is 2.45. The predicted octanol–water partition coefficient (Wildman–Crippen LogP) is 4.75. The molecule has 3 aliphatic rings. The molecule has 0 saturated heterocycles. The first-order valence-electron chi connectivity index (χ1n) is 8.99. The van der Waals surface area contributed by atoms with Crippen molar-refractivity contribution in [1.29, 1.82) is 0 Å². The van der Waals surface area contributed by atoms with Gasteiger partial charge in [0.25, 0.3) is 0 Å². The zero-order valence-corrected chi connectivity index (χ0v) is 12.8. The molecule has 2 N–H and O–H groups in total. The maximum Gasteiger partial charge on any atom is 0.00957 e. The first kappa shape index (κ1) is 13.9. The molecule has 4 unspecified atom stereocenters. The molecule has 0 aromatic heterocycles. The Balaban J connectivity index is 1.54. The van der Waals surface area contributed by atoms with E-state index in [-0.39, 0.29) is 0 Å². The van der Waals surface area contributed by atoms with Gasteiger partial charge in [-0.15, -0.1) is 0 Å². The average molecular weight is 263 g/mol. The van der Waals surface area contributed by atoms with Crippen molar-refractivity contribution in [3.05, 3.63) is 0 Å². The summed E-state index contributed by atoms with van der Waals surface area (Å²) in [7, 11) is 0. The second-order valence-corrected chi connectivity index (χ2v) is 7.98. The van der Waals surface area contributed by atoms with Crippen LogP contribution in [0.15, 0.2) is 0 Å². The first-order valence-corrected chi connectivity index (χ1v) is 8.99. The molecular weight excluding hydrogens is 230 g/mol. The summed E-state index contributed by atoms with van der Waals surface area (Å²) in [4.78, 5) is 0. The number of rotatable bonds is 2. The summed E-state index contributed by atoms with van der Waals surface area (Å²) < 4.78 is 0. The topological polar surface area (TPSA) is 26.0 Å². The van der Waals surface area contributed by atoms with Gasteiger partial charge in [0, 0.05) is 6.04 Å². The molecule has 3 aliphatic carbocycles. The van der Waals surface area contributed by atoms with Crippen molar-refractivity contribution in [2.75, 3.05) is 0 Å². The molecule has 1 nitrogen and oxygen atoms in total. The summed E-state index contributed by atoms with van der Waals surface area (Å²) in [6, 6.07) is 0.523. The fraction of sp³-hybridized carbons (Fsp3) is 1.00. The van der Waals surface area contributed by atoms with Gasteiger partial charge in [0.15, 0.2) is 0 Å². The lowest BCUT2D eigenvalue weighted by Gasteiger charge is -2.43. The van der Waals surface area contributed by atoms with E-state index >= 15 is 0 Å². The number of hydrogen-bond donors (Lipinski definition) is 1. The molecular formula is C18H33N. The molecule has 110 valence electrons. The van der Waals surface area contributed by atoms with Crippen LogP contribution in [0.4, 0.5) is 0 Å². The smallest absolute Gasteiger partial charge is 0.00957 e. The molecule has 19 heavy (non-hydrogen) atoms. The Morgan fingerprint density at radius 3 is 2.11 bits per heavy atom. The van der Waals surface area contributed by atoms with Crippen LogP contribution in [0.5, 0.6) is 0 Å². The molecule has 0 aliphatic heterocycles. The van der Waals surface area contributed by atoms with Crippen molar-refractivity contribution >= 4 is 0 Å². The second kappa shape index (κ2) is 6.16. The first-order chi connectivity index (χ1) is 9.24. The van der Waals surface area contributed by atoms with E-state index in [1.807, 2.05) is 0 Å². The van der Waals surface area contributed by atoms with Gasteiger partial charge >= 0.3 is 0 Å². The second-order valence-electron chi connectivity index (χ2n) is 7.98. The number of fused-ring (bicyclic) bond motifs is 1. The molecule has 3 saturated carbocycles. The van der Waals surface area contributed by atoms with E-state index in [0.29, 0.717) is 6.04 Å². The van der Waals surface area contributed by atoms with Gasteiger partial charge in [-0.05, 0) is 61.7 Å². The lowest BCUT2D eigenvalue weighted by atomic mass is 9.64. The van der Waals surface area contributed by atoms with Gasteiger partial charge in [-0.1, -0.05) is 45.4 Å². The van der Waals surface area contributed by atoms with Gasteiger partial charge in [-0.3, -0.25) is 0 Å². The summed E-state index contributed by atoms with van der Waals surface area (Å²) in [6.07, 6.45) is 16.1. The molecule has 3 fully saturated rings. The maximum atomic E-state index is 6.69. The highest BCUT2D eigenvalue weighted by Gasteiger charge is 2.37. The molecule has 0 radical (unpaired) electrons. The Hall–Kier alpha value is -0.0400. The molecule has 0 spiro atoms. The van der Waals surface area contributed by atoms with E-state index in [1.54, 1.807) is 0 Å². The Kier molecular flexibility index (Phi) is 4.51. The van der Waals surface area contributed by atoms with Gasteiger partial charge in [0.05, 0.1) is 0 Å². The van der Waals surface area contributed by atoms with Gasteiger partial charge < -0.3 is 5.73 Å². The van der Waals surface area contributed by atoms with Gasteiger partial charge in [0.1, 0.15) is 0 Å². The molecule has 0 heterocycles. The molecule has 1 heteroatoms. The van der Waals surface area contributed by atoms with Gasteiger partial charge in [0.2, 0.25) is 0 Å². The van der Waals surface area contributed by atoms with Gasteiger partial charge in [-0.25, -0.2) is 0 Å². The zero-order valence-electron chi connectivity index (χ0n) is 12.8. The van der Waals surface area contributed by atoms with Crippen molar-refractivity contribution in [3.63, 3.8) is 0 Å². The van der Waals surface area contributed by atoms with Crippen LogP contribution >= 0.6 is 0 Å². The third-order valence-corrected chi connectivity index (χ3v) is 6.73. The Bertz CT molecular complexity index is 279. The van der Waals surface area contributed by atoms with Gasteiger partial charge in [-0.2, -0.15) is 0 Å².